The van der Waals surface area contributed by atoms with Gasteiger partial charge in [-0.2, -0.15) is 0 Å². The largest absolute Gasteiger partial charge is 0.325 e. The number of hydrogen-bond acceptors (Lipinski definition) is 3. The second-order valence-electron chi connectivity index (χ2n) is 5.16. The molecule has 2 aromatic carbocycles. The molecule has 0 fully saturated rings. The Balaban J connectivity index is 2.24. The minimum absolute atomic E-state index is 0.370. The van der Waals surface area contributed by atoms with Gasteiger partial charge in [0.15, 0.2) is 0 Å². The van der Waals surface area contributed by atoms with Gasteiger partial charge in [0.25, 0.3) is 0 Å². The van der Waals surface area contributed by atoms with Crippen LogP contribution in [-0.2, 0) is 6.54 Å². The van der Waals surface area contributed by atoms with E-state index < -0.39 is 0 Å². The van der Waals surface area contributed by atoms with E-state index in [1.807, 2.05) is 28.9 Å². The van der Waals surface area contributed by atoms with Gasteiger partial charge >= 0.3 is 0 Å². The summed E-state index contributed by atoms with van der Waals surface area (Å²) in [7, 11) is 0. The third kappa shape index (κ3) is 2.45. The molecule has 0 aliphatic rings. The molecule has 3 aromatic rings. The highest BCUT2D eigenvalue weighted by Gasteiger charge is 2.16. The van der Waals surface area contributed by atoms with Crippen LogP contribution in [0, 0.1) is 13.8 Å². The maximum absolute atomic E-state index is 5.84. The summed E-state index contributed by atoms with van der Waals surface area (Å²) >= 11 is 0. The van der Waals surface area contributed by atoms with Crippen LogP contribution in [0.1, 0.15) is 16.8 Å². The lowest BCUT2D eigenvalue weighted by atomic mass is 10.1. The summed E-state index contributed by atoms with van der Waals surface area (Å²) < 4.78 is 1.88. The average Bonchev–Trinajstić information content (AvgIpc) is 2.91. The fourth-order valence-electron chi connectivity index (χ4n) is 2.50. The Morgan fingerprint density at radius 1 is 1.05 bits per heavy atom. The first kappa shape index (κ1) is 13.5. The first-order valence-electron chi connectivity index (χ1n) is 6.98. The standard InChI is InChI=1S/C17H18N4/c1-12-6-5-8-14(10-12)17-15(11-18)19-20-21(17)16-9-4-3-7-13(16)2/h3-10H,11,18H2,1-2H3. The van der Waals surface area contributed by atoms with Crippen molar-refractivity contribution in [3.05, 3.63) is 65.4 Å². The summed E-state index contributed by atoms with van der Waals surface area (Å²) in [6.07, 6.45) is 0. The molecule has 0 aliphatic heterocycles. The Bertz CT molecular complexity index is 774. The molecule has 0 spiro atoms. The number of para-hydroxylation sites is 1. The van der Waals surface area contributed by atoms with Crippen molar-refractivity contribution in [1.82, 2.24) is 15.0 Å². The number of nitrogens with zero attached hydrogens (tertiary/aromatic N) is 3. The molecule has 1 aromatic heterocycles. The molecule has 4 nitrogen and oxygen atoms in total. The van der Waals surface area contributed by atoms with Crippen LogP contribution in [0.15, 0.2) is 48.5 Å². The predicted molar refractivity (Wildman–Crippen MR) is 84.2 cm³/mol. The smallest absolute Gasteiger partial charge is 0.105 e. The molecule has 0 radical (unpaired) electrons. The van der Waals surface area contributed by atoms with E-state index in [-0.39, 0.29) is 0 Å². The number of nitrogens with two attached hydrogens (primary N) is 1. The van der Waals surface area contributed by atoms with E-state index in [9.17, 15) is 0 Å². The van der Waals surface area contributed by atoms with Crippen LogP contribution in [0.2, 0.25) is 0 Å². The quantitative estimate of drug-likeness (QED) is 0.801. The van der Waals surface area contributed by atoms with E-state index in [1.54, 1.807) is 0 Å². The van der Waals surface area contributed by atoms with Gasteiger partial charge in [-0.05, 0) is 31.5 Å². The van der Waals surface area contributed by atoms with Crippen LogP contribution in [0.3, 0.4) is 0 Å². The SMILES string of the molecule is Cc1cccc(-c2c(CN)nnn2-c2ccccc2C)c1. The molecule has 0 unspecified atom stereocenters. The number of aryl methyl sites for hydroxylation is 2. The van der Waals surface area contributed by atoms with Crippen LogP contribution >= 0.6 is 0 Å². The molecule has 4 heteroatoms. The van der Waals surface area contributed by atoms with Crippen molar-refractivity contribution in [2.45, 2.75) is 20.4 Å². The lowest BCUT2D eigenvalue weighted by molar-refractivity contribution is 0.796. The molecule has 0 saturated carbocycles. The van der Waals surface area contributed by atoms with Gasteiger partial charge in [0.2, 0.25) is 0 Å². The van der Waals surface area contributed by atoms with Crippen LogP contribution in [0.25, 0.3) is 16.9 Å². The van der Waals surface area contributed by atoms with Crippen LogP contribution in [-0.4, -0.2) is 15.0 Å². The van der Waals surface area contributed by atoms with Gasteiger partial charge in [0.1, 0.15) is 5.69 Å². The van der Waals surface area contributed by atoms with Gasteiger partial charge in [-0.1, -0.05) is 47.2 Å². The van der Waals surface area contributed by atoms with E-state index in [4.69, 9.17) is 5.73 Å². The zero-order valence-electron chi connectivity index (χ0n) is 12.2. The molecular weight excluding hydrogens is 260 g/mol. The average molecular weight is 278 g/mol. The van der Waals surface area contributed by atoms with E-state index in [1.165, 1.54) is 5.56 Å². The zero-order chi connectivity index (χ0) is 14.8. The summed E-state index contributed by atoms with van der Waals surface area (Å²) in [5.74, 6) is 0. The number of hydrogen-bond donors (Lipinski definition) is 1. The van der Waals surface area contributed by atoms with Crippen LogP contribution < -0.4 is 5.73 Å². The first-order chi connectivity index (χ1) is 10.2. The van der Waals surface area contributed by atoms with Crippen molar-refractivity contribution in [3.63, 3.8) is 0 Å². The molecule has 1 heterocycles. The second kappa shape index (κ2) is 5.50. The molecule has 21 heavy (non-hydrogen) atoms. The van der Waals surface area contributed by atoms with E-state index in [2.05, 4.69) is 48.4 Å². The highest BCUT2D eigenvalue weighted by Crippen LogP contribution is 2.27. The Labute approximate surface area is 124 Å². The molecule has 0 amide bonds. The topological polar surface area (TPSA) is 56.7 Å². The van der Waals surface area contributed by atoms with Gasteiger partial charge in [-0.25, -0.2) is 4.68 Å². The lowest BCUT2D eigenvalue weighted by Gasteiger charge is -2.10. The van der Waals surface area contributed by atoms with Crippen molar-refractivity contribution in [2.75, 3.05) is 0 Å². The summed E-state index contributed by atoms with van der Waals surface area (Å²) in [5, 5.41) is 8.56. The summed E-state index contributed by atoms with van der Waals surface area (Å²) in [5.41, 5.74) is 12.1. The van der Waals surface area contributed by atoms with Gasteiger partial charge < -0.3 is 5.73 Å². The fourth-order valence-corrected chi connectivity index (χ4v) is 2.50. The Morgan fingerprint density at radius 3 is 2.57 bits per heavy atom. The maximum Gasteiger partial charge on any atom is 0.105 e. The van der Waals surface area contributed by atoms with Crippen molar-refractivity contribution in [2.24, 2.45) is 5.73 Å². The number of aromatic nitrogens is 3. The molecule has 106 valence electrons. The Kier molecular flexibility index (Phi) is 3.54. The molecule has 0 aliphatic carbocycles. The Hall–Kier alpha value is -2.46. The van der Waals surface area contributed by atoms with Gasteiger partial charge in [-0.15, -0.1) is 5.10 Å². The van der Waals surface area contributed by atoms with Crippen LogP contribution in [0.4, 0.5) is 0 Å². The van der Waals surface area contributed by atoms with Crippen molar-refractivity contribution >= 4 is 0 Å². The third-order valence-corrected chi connectivity index (χ3v) is 3.57. The third-order valence-electron chi connectivity index (χ3n) is 3.57. The second-order valence-corrected chi connectivity index (χ2v) is 5.16. The highest BCUT2D eigenvalue weighted by atomic mass is 15.4. The summed E-state index contributed by atoms with van der Waals surface area (Å²) in [4.78, 5) is 0. The van der Waals surface area contributed by atoms with E-state index >= 15 is 0 Å². The first-order valence-corrected chi connectivity index (χ1v) is 6.98. The van der Waals surface area contributed by atoms with E-state index in [0.29, 0.717) is 6.54 Å². The van der Waals surface area contributed by atoms with Crippen molar-refractivity contribution < 1.29 is 0 Å². The summed E-state index contributed by atoms with van der Waals surface area (Å²) in [6, 6.07) is 16.5. The Morgan fingerprint density at radius 2 is 1.86 bits per heavy atom. The van der Waals surface area contributed by atoms with Gasteiger partial charge in [-0.3, -0.25) is 0 Å². The normalized spacial score (nSPS) is 10.8. The minimum atomic E-state index is 0.370. The monoisotopic (exact) mass is 278 g/mol. The molecule has 0 bridgehead atoms. The molecule has 0 saturated heterocycles. The van der Waals surface area contributed by atoms with Crippen LogP contribution in [0.5, 0.6) is 0 Å². The van der Waals surface area contributed by atoms with Gasteiger partial charge in [0.05, 0.1) is 11.4 Å². The molecule has 2 N–H and O–H groups in total. The number of benzene rings is 2. The lowest BCUT2D eigenvalue weighted by Crippen LogP contribution is -2.04. The molecule has 3 rings (SSSR count). The van der Waals surface area contributed by atoms with E-state index in [0.717, 1.165) is 28.2 Å². The number of rotatable bonds is 3. The molecule has 0 atom stereocenters. The maximum atomic E-state index is 5.84. The zero-order valence-corrected chi connectivity index (χ0v) is 12.2. The van der Waals surface area contributed by atoms with Crippen molar-refractivity contribution in [1.29, 1.82) is 0 Å². The summed E-state index contributed by atoms with van der Waals surface area (Å²) in [6.45, 7) is 4.52. The highest BCUT2D eigenvalue weighted by molar-refractivity contribution is 5.65. The van der Waals surface area contributed by atoms with Crippen molar-refractivity contribution in [3.8, 4) is 16.9 Å². The minimum Gasteiger partial charge on any atom is -0.325 e. The molecular formula is C17H18N4. The fraction of sp³-hybridized carbons (Fsp3) is 0.176. The van der Waals surface area contributed by atoms with Gasteiger partial charge in [0, 0.05) is 12.1 Å². The predicted octanol–water partition coefficient (Wildman–Crippen LogP) is 3.01.